The first-order chi connectivity index (χ1) is 8.81. The van der Waals surface area contributed by atoms with Crippen LogP contribution >= 0.6 is 0 Å². The van der Waals surface area contributed by atoms with E-state index in [1.807, 2.05) is 12.1 Å². The van der Waals surface area contributed by atoms with Crippen molar-refractivity contribution in [2.45, 2.75) is 6.61 Å². The van der Waals surface area contributed by atoms with Gasteiger partial charge in [0.2, 0.25) is 5.88 Å². The lowest BCUT2D eigenvalue weighted by Gasteiger charge is -2.08. The summed E-state index contributed by atoms with van der Waals surface area (Å²) in [5, 5.41) is 0. The Morgan fingerprint density at radius 1 is 1.28 bits per heavy atom. The van der Waals surface area contributed by atoms with Gasteiger partial charge in [-0.2, -0.15) is 0 Å². The molecule has 0 fully saturated rings. The topological polar surface area (TPSA) is 61.3 Å². The van der Waals surface area contributed by atoms with Gasteiger partial charge in [0, 0.05) is 17.8 Å². The van der Waals surface area contributed by atoms with E-state index in [-0.39, 0.29) is 12.6 Å². The Hall–Kier alpha value is -2.43. The normalized spacial score (nSPS) is 9.83. The number of ether oxygens (including phenoxy) is 2. The van der Waals surface area contributed by atoms with Gasteiger partial charge in [0.25, 0.3) is 0 Å². The molecule has 1 heterocycles. The van der Waals surface area contributed by atoms with Gasteiger partial charge in [-0.1, -0.05) is 18.2 Å². The van der Waals surface area contributed by atoms with E-state index in [1.165, 1.54) is 13.4 Å². The second-order valence-electron chi connectivity index (χ2n) is 3.49. The fourth-order valence-electron chi connectivity index (χ4n) is 1.47. The van der Waals surface area contributed by atoms with Crippen molar-refractivity contribution in [3.05, 3.63) is 54.0 Å². The molecule has 5 heteroatoms. The second kappa shape index (κ2) is 5.77. The Labute approximate surface area is 104 Å². The molecule has 2 aromatic rings. The van der Waals surface area contributed by atoms with E-state index in [0.717, 1.165) is 5.56 Å². The largest absolute Gasteiger partial charge is 0.473 e. The lowest BCUT2D eigenvalue weighted by molar-refractivity contribution is 0.0597. The maximum atomic E-state index is 11.5. The summed E-state index contributed by atoms with van der Waals surface area (Å²) in [5.74, 6) is 0.0848. The average molecular weight is 244 g/mol. The Bertz CT molecular complexity index is 529. The van der Waals surface area contributed by atoms with E-state index >= 15 is 0 Å². The van der Waals surface area contributed by atoms with Crippen LogP contribution in [-0.2, 0) is 11.3 Å². The van der Waals surface area contributed by atoms with Crippen molar-refractivity contribution in [1.29, 1.82) is 0 Å². The van der Waals surface area contributed by atoms with Crippen LogP contribution in [-0.4, -0.2) is 23.0 Å². The molecule has 2 rings (SSSR count). The molecule has 0 saturated heterocycles. The summed E-state index contributed by atoms with van der Waals surface area (Å²) in [6, 6.07) is 8.78. The van der Waals surface area contributed by atoms with Crippen LogP contribution in [0.3, 0.4) is 0 Å². The van der Waals surface area contributed by atoms with Crippen LogP contribution in [0.5, 0.6) is 5.88 Å². The quantitative estimate of drug-likeness (QED) is 0.768. The number of benzene rings is 1. The molecular weight excluding hydrogens is 232 g/mol. The molecule has 1 aromatic heterocycles. The monoisotopic (exact) mass is 244 g/mol. The summed E-state index contributed by atoms with van der Waals surface area (Å²) < 4.78 is 10.2. The maximum Gasteiger partial charge on any atom is 0.338 e. The Morgan fingerprint density at radius 3 is 2.83 bits per heavy atom. The number of esters is 1. The molecule has 1 aromatic carbocycles. The zero-order valence-electron chi connectivity index (χ0n) is 9.87. The summed E-state index contributed by atoms with van der Waals surface area (Å²) in [6.07, 6.45) is 3.00. The van der Waals surface area contributed by atoms with Gasteiger partial charge in [-0.3, -0.25) is 0 Å². The van der Waals surface area contributed by atoms with Gasteiger partial charge in [-0.25, -0.2) is 14.8 Å². The maximum absolute atomic E-state index is 11.5. The molecule has 0 spiro atoms. The molecule has 5 nitrogen and oxygen atoms in total. The van der Waals surface area contributed by atoms with E-state index < -0.39 is 0 Å². The van der Waals surface area contributed by atoms with Gasteiger partial charge in [0.1, 0.15) is 12.9 Å². The number of nitrogens with zero attached hydrogens (tertiary/aromatic N) is 2. The zero-order chi connectivity index (χ0) is 12.8. The molecule has 92 valence electrons. The fourth-order valence-corrected chi connectivity index (χ4v) is 1.47. The number of aromatic nitrogens is 2. The highest BCUT2D eigenvalue weighted by Crippen LogP contribution is 2.13. The third kappa shape index (κ3) is 2.82. The Morgan fingerprint density at radius 2 is 2.11 bits per heavy atom. The van der Waals surface area contributed by atoms with Crippen molar-refractivity contribution in [2.24, 2.45) is 0 Å². The molecular formula is C13H12N2O3. The molecule has 0 N–H and O–H groups in total. The van der Waals surface area contributed by atoms with E-state index in [0.29, 0.717) is 11.4 Å². The number of methoxy groups -OCH3 is 1. The lowest BCUT2D eigenvalue weighted by Crippen LogP contribution is -2.08. The highest BCUT2D eigenvalue weighted by atomic mass is 16.5. The molecule has 0 unspecified atom stereocenters. The standard InChI is InChI=1S/C13H12N2O3/c1-17-13(16)11-5-3-2-4-10(11)8-18-12-6-7-14-9-15-12/h2-7,9H,8H2,1H3. The first-order valence-electron chi connectivity index (χ1n) is 5.36. The first kappa shape index (κ1) is 12.0. The van der Waals surface area contributed by atoms with Gasteiger partial charge in [-0.05, 0) is 6.07 Å². The fraction of sp³-hybridized carbons (Fsp3) is 0.154. The molecule has 0 aliphatic carbocycles. The van der Waals surface area contributed by atoms with E-state index in [9.17, 15) is 4.79 Å². The Balaban J connectivity index is 2.12. The predicted octanol–water partition coefficient (Wildman–Crippen LogP) is 1.84. The van der Waals surface area contributed by atoms with Crippen LogP contribution in [0, 0.1) is 0 Å². The van der Waals surface area contributed by atoms with Gasteiger partial charge < -0.3 is 9.47 Å². The summed E-state index contributed by atoms with van der Waals surface area (Å²) in [5.41, 5.74) is 1.25. The van der Waals surface area contributed by atoms with Gasteiger partial charge in [0.05, 0.1) is 12.7 Å². The van der Waals surface area contributed by atoms with Crippen LogP contribution in [0.25, 0.3) is 0 Å². The minimum atomic E-state index is -0.378. The van der Waals surface area contributed by atoms with Crippen LogP contribution in [0.2, 0.25) is 0 Å². The van der Waals surface area contributed by atoms with Crippen molar-refractivity contribution in [1.82, 2.24) is 9.97 Å². The molecule has 18 heavy (non-hydrogen) atoms. The molecule has 0 bridgehead atoms. The van der Waals surface area contributed by atoms with Crippen molar-refractivity contribution >= 4 is 5.97 Å². The third-order valence-corrected chi connectivity index (χ3v) is 2.35. The van der Waals surface area contributed by atoms with Crippen LogP contribution in [0.1, 0.15) is 15.9 Å². The molecule has 0 atom stereocenters. The van der Waals surface area contributed by atoms with E-state index in [1.54, 1.807) is 24.4 Å². The molecule has 0 aliphatic rings. The van der Waals surface area contributed by atoms with Crippen LogP contribution in [0.15, 0.2) is 42.9 Å². The molecule has 0 amide bonds. The molecule has 0 aliphatic heterocycles. The number of carbonyl (C=O) groups is 1. The number of hydrogen-bond donors (Lipinski definition) is 0. The van der Waals surface area contributed by atoms with Gasteiger partial charge in [0.15, 0.2) is 0 Å². The molecule has 0 saturated carbocycles. The highest BCUT2D eigenvalue weighted by Gasteiger charge is 2.11. The highest BCUT2D eigenvalue weighted by molar-refractivity contribution is 5.90. The third-order valence-electron chi connectivity index (χ3n) is 2.35. The minimum Gasteiger partial charge on any atom is -0.473 e. The summed E-state index contributed by atoms with van der Waals surface area (Å²) in [4.78, 5) is 19.3. The molecule has 0 radical (unpaired) electrons. The Kier molecular flexibility index (Phi) is 3.86. The zero-order valence-corrected chi connectivity index (χ0v) is 9.87. The number of carbonyl (C=O) groups excluding carboxylic acids is 1. The van der Waals surface area contributed by atoms with Crippen molar-refractivity contribution < 1.29 is 14.3 Å². The lowest BCUT2D eigenvalue weighted by atomic mass is 10.1. The second-order valence-corrected chi connectivity index (χ2v) is 3.49. The summed E-state index contributed by atoms with van der Waals surface area (Å²) in [6.45, 7) is 0.252. The van der Waals surface area contributed by atoms with Crippen molar-refractivity contribution in [2.75, 3.05) is 7.11 Å². The van der Waals surface area contributed by atoms with Crippen molar-refractivity contribution in [3.63, 3.8) is 0 Å². The van der Waals surface area contributed by atoms with Gasteiger partial charge >= 0.3 is 5.97 Å². The smallest absolute Gasteiger partial charge is 0.338 e. The van der Waals surface area contributed by atoms with Crippen LogP contribution in [0.4, 0.5) is 0 Å². The predicted molar refractivity (Wildman–Crippen MR) is 64.1 cm³/mol. The summed E-state index contributed by atoms with van der Waals surface area (Å²) >= 11 is 0. The average Bonchev–Trinajstić information content (AvgIpc) is 2.45. The van der Waals surface area contributed by atoms with E-state index in [2.05, 4.69) is 9.97 Å². The number of rotatable bonds is 4. The SMILES string of the molecule is COC(=O)c1ccccc1COc1ccncn1. The van der Waals surface area contributed by atoms with Crippen molar-refractivity contribution in [3.8, 4) is 5.88 Å². The minimum absolute atomic E-state index is 0.252. The first-order valence-corrected chi connectivity index (χ1v) is 5.36. The van der Waals surface area contributed by atoms with Crippen LogP contribution < -0.4 is 4.74 Å². The van der Waals surface area contributed by atoms with E-state index in [4.69, 9.17) is 9.47 Å². The summed E-state index contributed by atoms with van der Waals surface area (Å²) in [7, 11) is 1.35. The number of hydrogen-bond acceptors (Lipinski definition) is 5. The van der Waals surface area contributed by atoms with Gasteiger partial charge in [-0.15, -0.1) is 0 Å².